The number of amides is 1. The number of nitrogens with zero attached hydrogens (tertiary/aromatic N) is 1. The third kappa shape index (κ3) is 4.82. The zero-order chi connectivity index (χ0) is 20.3. The lowest BCUT2D eigenvalue weighted by molar-refractivity contribution is 0.0980. The summed E-state index contributed by atoms with van der Waals surface area (Å²) in [5.74, 6) is -1.50. The van der Waals surface area contributed by atoms with Crippen molar-refractivity contribution < 1.29 is 18.3 Å². The molecular formula is C19H18Cl2F2N2O2S. The average Bonchev–Trinajstić information content (AvgIpc) is 2.67. The van der Waals surface area contributed by atoms with Gasteiger partial charge in [0.05, 0.1) is 15.6 Å². The minimum absolute atomic E-state index is 0.0910. The third-order valence-electron chi connectivity index (χ3n) is 4.46. The van der Waals surface area contributed by atoms with Crippen LogP contribution < -0.4 is 14.4 Å². The molecule has 0 bridgehead atoms. The van der Waals surface area contributed by atoms with Gasteiger partial charge in [-0.25, -0.2) is 8.78 Å². The molecule has 0 unspecified atom stereocenters. The SMILES string of the molecule is CSNC(=O)c1cc(Cl)c(OC2CCN(c3ccc(Cl)c(F)c3)CC2)cc1F. The first-order chi connectivity index (χ1) is 13.4. The second-order valence-corrected chi connectivity index (χ2v) is 7.73. The molecule has 1 saturated heterocycles. The van der Waals surface area contributed by atoms with E-state index >= 15 is 0 Å². The summed E-state index contributed by atoms with van der Waals surface area (Å²) in [4.78, 5) is 13.9. The normalized spacial score (nSPS) is 14.8. The van der Waals surface area contributed by atoms with E-state index in [1.807, 2.05) is 4.90 Å². The Morgan fingerprint density at radius 1 is 1.14 bits per heavy atom. The zero-order valence-electron chi connectivity index (χ0n) is 15.0. The highest BCUT2D eigenvalue weighted by Gasteiger charge is 2.23. The van der Waals surface area contributed by atoms with Crippen LogP contribution in [0.1, 0.15) is 23.2 Å². The van der Waals surface area contributed by atoms with E-state index in [2.05, 4.69) is 4.72 Å². The molecule has 4 nitrogen and oxygen atoms in total. The highest BCUT2D eigenvalue weighted by atomic mass is 35.5. The molecule has 1 fully saturated rings. The Kier molecular flexibility index (Phi) is 6.91. The molecule has 0 aliphatic carbocycles. The summed E-state index contributed by atoms with van der Waals surface area (Å²) in [6.07, 6.45) is 2.84. The maximum atomic E-state index is 14.2. The van der Waals surface area contributed by atoms with Crippen LogP contribution in [-0.4, -0.2) is 31.4 Å². The number of carbonyl (C=O) groups excluding carboxylic acids is 1. The lowest BCUT2D eigenvalue weighted by Gasteiger charge is -2.34. The van der Waals surface area contributed by atoms with Gasteiger partial charge < -0.3 is 9.64 Å². The van der Waals surface area contributed by atoms with Gasteiger partial charge in [0, 0.05) is 43.9 Å². The summed E-state index contributed by atoms with van der Waals surface area (Å²) in [7, 11) is 0. The lowest BCUT2D eigenvalue weighted by Crippen LogP contribution is -2.38. The molecule has 0 aromatic heterocycles. The van der Waals surface area contributed by atoms with E-state index in [4.69, 9.17) is 27.9 Å². The first-order valence-electron chi connectivity index (χ1n) is 8.58. The highest BCUT2D eigenvalue weighted by molar-refractivity contribution is 7.97. The van der Waals surface area contributed by atoms with Gasteiger partial charge in [0.15, 0.2) is 0 Å². The van der Waals surface area contributed by atoms with Crippen molar-refractivity contribution in [3.05, 3.63) is 57.6 Å². The van der Waals surface area contributed by atoms with Crippen molar-refractivity contribution in [1.29, 1.82) is 0 Å². The summed E-state index contributed by atoms with van der Waals surface area (Å²) < 4.78 is 36.2. The fourth-order valence-electron chi connectivity index (χ4n) is 3.03. The molecule has 0 saturated carbocycles. The standard InChI is InChI=1S/C19H18Cl2F2N2O2S/c1-28-24-19(26)13-9-15(21)18(10-16(13)22)27-12-4-6-25(7-5-12)11-2-3-14(20)17(23)8-11/h2-3,8-10,12H,4-7H2,1H3,(H,24,26). The number of benzene rings is 2. The molecule has 1 aliphatic heterocycles. The van der Waals surface area contributed by atoms with Gasteiger partial charge in [0.1, 0.15) is 23.5 Å². The van der Waals surface area contributed by atoms with Crippen LogP contribution in [0.5, 0.6) is 5.75 Å². The van der Waals surface area contributed by atoms with E-state index in [0.717, 1.165) is 23.7 Å². The molecule has 1 aliphatic rings. The Labute approximate surface area is 176 Å². The summed E-state index contributed by atoms with van der Waals surface area (Å²) >= 11 is 13.0. The third-order valence-corrected chi connectivity index (χ3v) is 5.46. The molecule has 0 radical (unpaired) electrons. The summed E-state index contributed by atoms with van der Waals surface area (Å²) in [5, 5.41) is 0.267. The van der Waals surface area contributed by atoms with E-state index in [9.17, 15) is 13.6 Å². The van der Waals surface area contributed by atoms with Gasteiger partial charge in [0.25, 0.3) is 5.91 Å². The van der Waals surface area contributed by atoms with Gasteiger partial charge in [-0.2, -0.15) is 0 Å². The Morgan fingerprint density at radius 3 is 2.50 bits per heavy atom. The van der Waals surface area contributed by atoms with Crippen LogP contribution in [0, 0.1) is 11.6 Å². The van der Waals surface area contributed by atoms with Crippen molar-refractivity contribution in [3.63, 3.8) is 0 Å². The first kappa shape index (κ1) is 21.0. The first-order valence-corrected chi connectivity index (χ1v) is 10.6. The predicted octanol–water partition coefficient (Wildman–Crippen LogP) is 5.33. The molecular weight excluding hydrogens is 429 g/mol. The maximum Gasteiger partial charge on any atom is 0.264 e. The fraction of sp³-hybridized carbons (Fsp3) is 0.316. The van der Waals surface area contributed by atoms with Crippen LogP contribution >= 0.6 is 35.1 Å². The number of halogens is 4. The molecule has 1 amide bonds. The number of rotatable bonds is 5. The van der Waals surface area contributed by atoms with Crippen LogP contribution in [0.4, 0.5) is 14.5 Å². The molecule has 2 aromatic carbocycles. The Morgan fingerprint density at radius 2 is 1.86 bits per heavy atom. The van der Waals surface area contributed by atoms with Gasteiger partial charge >= 0.3 is 0 Å². The summed E-state index contributed by atoms with van der Waals surface area (Å²) in [6, 6.07) is 7.12. The number of nitrogens with one attached hydrogen (secondary N) is 1. The number of piperidine rings is 1. The number of anilines is 1. The van der Waals surface area contributed by atoms with Crippen molar-refractivity contribution in [2.45, 2.75) is 18.9 Å². The number of hydrogen-bond acceptors (Lipinski definition) is 4. The van der Waals surface area contributed by atoms with E-state index in [1.54, 1.807) is 12.3 Å². The monoisotopic (exact) mass is 446 g/mol. The number of ether oxygens (including phenoxy) is 1. The molecule has 0 spiro atoms. The maximum absolute atomic E-state index is 14.2. The van der Waals surface area contributed by atoms with E-state index in [1.165, 1.54) is 18.2 Å². The van der Waals surface area contributed by atoms with E-state index in [0.29, 0.717) is 25.9 Å². The van der Waals surface area contributed by atoms with Crippen LogP contribution in [-0.2, 0) is 0 Å². The largest absolute Gasteiger partial charge is 0.489 e. The predicted molar refractivity (Wildman–Crippen MR) is 110 cm³/mol. The Hall–Kier alpha value is -1.70. The van der Waals surface area contributed by atoms with Crippen molar-refractivity contribution in [2.75, 3.05) is 24.2 Å². The number of hydrogen-bond donors (Lipinski definition) is 1. The molecule has 0 atom stereocenters. The minimum atomic E-state index is -0.694. The molecule has 28 heavy (non-hydrogen) atoms. The molecule has 2 aromatic rings. The molecule has 1 N–H and O–H groups in total. The topological polar surface area (TPSA) is 41.6 Å². The van der Waals surface area contributed by atoms with Crippen LogP contribution in [0.3, 0.4) is 0 Å². The summed E-state index contributed by atoms with van der Waals surface area (Å²) in [6.45, 7) is 1.31. The second-order valence-electron chi connectivity index (χ2n) is 6.30. The van der Waals surface area contributed by atoms with E-state index < -0.39 is 17.5 Å². The van der Waals surface area contributed by atoms with Gasteiger partial charge in [-0.1, -0.05) is 35.1 Å². The van der Waals surface area contributed by atoms with Crippen molar-refractivity contribution in [2.24, 2.45) is 0 Å². The average molecular weight is 447 g/mol. The van der Waals surface area contributed by atoms with E-state index in [-0.39, 0.29) is 27.5 Å². The number of carbonyl (C=O) groups is 1. The van der Waals surface area contributed by atoms with Crippen LogP contribution in [0.25, 0.3) is 0 Å². The van der Waals surface area contributed by atoms with Crippen molar-refractivity contribution in [3.8, 4) is 5.75 Å². The Bertz CT molecular complexity index is 877. The van der Waals surface area contributed by atoms with Crippen LogP contribution in [0.2, 0.25) is 10.0 Å². The minimum Gasteiger partial charge on any atom is -0.489 e. The quantitative estimate of drug-likeness (QED) is 0.630. The van der Waals surface area contributed by atoms with Crippen molar-refractivity contribution in [1.82, 2.24) is 4.72 Å². The van der Waals surface area contributed by atoms with Crippen LogP contribution in [0.15, 0.2) is 30.3 Å². The molecule has 3 rings (SSSR count). The summed E-state index contributed by atoms with van der Waals surface area (Å²) in [5.41, 5.74) is 0.625. The van der Waals surface area contributed by atoms with Gasteiger partial charge in [0.2, 0.25) is 0 Å². The zero-order valence-corrected chi connectivity index (χ0v) is 17.3. The van der Waals surface area contributed by atoms with Gasteiger partial charge in [-0.15, -0.1) is 0 Å². The fourth-order valence-corrected chi connectivity index (χ4v) is 3.65. The van der Waals surface area contributed by atoms with Gasteiger partial charge in [-0.3, -0.25) is 9.52 Å². The highest BCUT2D eigenvalue weighted by Crippen LogP contribution is 2.31. The molecule has 1 heterocycles. The van der Waals surface area contributed by atoms with Gasteiger partial charge in [-0.05, 0) is 24.3 Å². The lowest BCUT2D eigenvalue weighted by atomic mass is 10.1. The Balaban J connectivity index is 1.63. The molecule has 9 heteroatoms. The molecule has 150 valence electrons. The second kappa shape index (κ2) is 9.20. The van der Waals surface area contributed by atoms with Crippen molar-refractivity contribution >= 4 is 46.7 Å². The smallest absolute Gasteiger partial charge is 0.264 e.